The van der Waals surface area contributed by atoms with Gasteiger partial charge in [-0.3, -0.25) is 9.51 Å². The Hall–Kier alpha value is -4.06. The molecule has 4 aromatic rings. The van der Waals surface area contributed by atoms with Crippen LogP contribution in [0.2, 0.25) is 0 Å². The van der Waals surface area contributed by atoms with Crippen molar-refractivity contribution >= 4 is 5.69 Å². The van der Waals surface area contributed by atoms with Gasteiger partial charge < -0.3 is 18.9 Å². The summed E-state index contributed by atoms with van der Waals surface area (Å²) >= 11 is 0. The second-order valence-corrected chi connectivity index (χ2v) is 10.9. The number of nitrogens with one attached hydrogen (secondary N) is 1. The number of aromatic amines is 1. The van der Waals surface area contributed by atoms with Gasteiger partial charge in [-0.1, -0.05) is 22.4 Å². The summed E-state index contributed by atoms with van der Waals surface area (Å²) in [6.07, 6.45) is 0.864. The van der Waals surface area contributed by atoms with Gasteiger partial charge in [0.2, 0.25) is 0 Å². The van der Waals surface area contributed by atoms with E-state index in [1.807, 2.05) is 24.3 Å². The predicted octanol–water partition coefficient (Wildman–Crippen LogP) is 6.18. The first kappa shape index (κ1) is 25.9. The van der Waals surface area contributed by atoms with Crippen LogP contribution in [0, 0.1) is 0 Å². The Labute approximate surface area is 232 Å². The summed E-state index contributed by atoms with van der Waals surface area (Å²) in [7, 11) is 0. The molecular weight excluding hydrogens is 541 g/mol. The van der Waals surface area contributed by atoms with E-state index in [0.717, 1.165) is 49.8 Å². The first-order chi connectivity index (χ1) is 19.8. The molecule has 2 aromatic carbocycles. The zero-order valence-corrected chi connectivity index (χ0v) is 21.9. The smallest absolute Gasteiger partial charge is 0.405 e. The van der Waals surface area contributed by atoms with Gasteiger partial charge in [0, 0.05) is 40.4 Å². The van der Waals surface area contributed by atoms with Crippen molar-refractivity contribution in [2.75, 3.05) is 4.90 Å². The lowest BCUT2D eigenvalue weighted by molar-refractivity contribution is -0.274. The zero-order chi connectivity index (χ0) is 28.1. The molecule has 214 valence electrons. The van der Waals surface area contributed by atoms with Crippen molar-refractivity contribution in [2.24, 2.45) is 0 Å². The summed E-state index contributed by atoms with van der Waals surface area (Å²) in [5.74, 6) is 0.384. The molecule has 2 saturated heterocycles. The fourth-order valence-corrected chi connectivity index (χ4v) is 6.25. The molecule has 7 rings (SSSR count). The van der Waals surface area contributed by atoms with Crippen molar-refractivity contribution in [1.82, 2.24) is 15.3 Å². The lowest BCUT2D eigenvalue weighted by Gasteiger charge is -2.40. The molecule has 1 N–H and O–H groups in total. The average Bonchev–Trinajstić information content (AvgIpc) is 3.46. The molecule has 0 amide bonds. The lowest BCUT2D eigenvalue weighted by Crippen LogP contribution is -2.45. The highest BCUT2D eigenvalue weighted by Gasteiger charge is 2.42. The number of anilines is 1. The molecule has 4 heterocycles. The highest BCUT2D eigenvalue weighted by Crippen LogP contribution is 2.46. The number of alkyl halides is 3. The molecule has 2 aromatic heterocycles. The zero-order valence-electron chi connectivity index (χ0n) is 21.9. The summed E-state index contributed by atoms with van der Waals surface area (Å²) in [6, 6.07) is 14.5. The second-order valence-electron chi connectivity index (χ2n) is 10.9. The van der Waals surface area contributed by atoms with Crippen LogP contribution < -0.4 is 15.4 Å². The number of piperidine rings is 1. The van der Waals surface area contributed by atoms with Crippen LogP contribution in [0.1, 0.15) is 55.8 Å². The molecule has 1 saturated carbocycles. The summed E-state index contributed by atoms with van der Waals surface area (Å²) in [4.78, 5) is 16.3. The van der Waals surface area contributed by atoms with Crippen LogP contribution >= 0.6 is 0 Å². The molecule has 0 spiro atoms. The molecule has 41 heavy (non-hydrogen) atoms. The molecule has 3 aliphatic rings. The summed E-state index contributed by atoms with van der Waals surface area (Å²) in [5.41, 5.74) is 3.13. The van der Waals surface area contributed by atoms with Gasteiger partial charge in [0.25, 0.3) is 0 Å². The fourth-order valence-electron chi connectivity index (χ4n) is 6.25. The molecular formula is C29H27F3N4O5. The van der Waals surface area contributed by atoms with Crippen molar-refractivity contribution in [1.29, 1.82) is 0 Å². The molecule has 1 unspecified atom stereocenters. The van der Waals surface area contributed by atoms with Crippen LogP contribution in [0.4, 0.5) is 18.9 Å². The van der Waals surface area contributed by atoms with Gasteiger partial charge in [0.15, 0.2) is 5.82 Å². The molecule has 2 bridgehead atoms. The van der Waals surface area contributed by atoms with Crippen LogP contribution in [-0.4, -0.2) is 39.8 Å². The number of fused-ring (bicyclic) bond motifs is 2. The third-order valence-corrected chi connectivity index (χ3v) is 8.17. The predicted molar refractivity (Wildman–Crippen MR) is 140 cm³/mol. The number of hydrogen-bond donors (Lipinski definition) is 1. The standard InChI is InChI=1S/C29H27F3N4O5/c30-29(31,32)39-24-4-2-1-3-22(24)25-23(26(40-34-25)16-5-6-16)15-38-21-13-19-11-12-20(14-21)36(19)18-9-7-17(8-10-18)27-33-28(37)41-35-27/h1-4,7-10,16,19-21H,5-6,11-15H2,(H,33,35,37)/t19-,20+,21?. The molecule has 2 aliphatic heterocycles. The van der Waals surface area contributed by atoms with E-state index in [1.165, 1.54) is 12.1 Å². The highest BCUT2D eigenvalue weighted by molar-refractivity contribution is 5.70. The molecule has 0 radical (unpaired) electrons. The third-order valence-electron chi connectivity index (χ3n) is 8.17. The van der Waals surface area contributed by atoms with Crippen LogP contribution in [0.3, 0.4) is 0 Å². The Bertz CT molecular complexity index is 1580. The van der Waals surface area contributed by atoms with Crippen molar-refractivity contribution in [3.63, 3.8) is 0 Å². The Morgan fingerprint density at radius 3 is 2.34 bits per heavy atom. The van der Waals surface area contributed by atoms with Crippen LogP contribution in [0.15, 0.2) is 62.4 Å². The number of aromatic nitrogens is 3. The number of H-pyrrole nitrogens is 1. The molecule has 3 fully saturated rings. The molecule has 3 atom stereocenters. The number of rotatable bonds is 8. The van der Waals surface area contributed by atoms with E-state index in [9.17, 15) is 18.0 Å². The highest BCUT2D eigenvalue weighted by atomic mass is 19.4. The van der Waals surface area contributed by atoms with E-state index in [0.29, 0.717) is 34.9 Å². The maximum Gasteiger partial charge on any atom is 0.573 e. The summed E-state index contributed by atoms with van der Waals surface area (Å²) in [5, 5.41) is 7.93. The van der Waals surface area contributed by atoms with Crippen molar-refractivity contribution in [3.8, 4) is 28.4 Å². The van der Waals surface area contributed by atoms with Gasteiger partial charge in [-0.25, -0.2) is 4.79 Å². The minimum atomic E-state index is -4.82. The van der Waals surface area contributed by atoms with E-state index in [1.54, 1.807) is 12.1 Å². The lowest BCUT2D eigenvalue weighted by atomic mass is 9.98. The van der Waals surface area contributed by atoms with Gasteiger partial charge in [0.1, 0.15) is 17.2 Å². The number of nitrogens with zero attached hydrogens (tertiary/aromatic N) is 3. The largest absolute Gasteiger partial charge is 0.573 e. The molecule has 1 aliphatic carbocycles. The van der Waals surface area contributed by atoms with E-state index in [4.69, 9.17) is 9.26 Å². The average molecular weight is 569 g/mol. The first-order valence-corrected chi connectivity index (χ1v) is 13.7. The Morgan fingerprint density at radius 1 is 0.951 bits per heavy atom. The van der Waals surface area contributed by atoms with Crippen molar-refractivity contribution < 1.29 is 31.7 Å². The minimum absolute atomic E-state index is 0.000277. The monoisotopic (exact) mass is 568 g/mol. The fraction of sp³-hybridized carbons (Fsp3) is 0.414. The van der Waals surface area contributed by atoms with Crippen LogP contribution in [0.25, 0.3) is 22.6 Å². The van der Waals surface area contributed by atoms with Crippen molar-refractivity contribution in [3.05, 3.63) is 70.4 Å². The van der Waals surface area contributed by atoms with Gasteiger partial charge in [-0.15, -0.1) is 13.2 Å². The van der Waals surface area contributed by atoms with E-state index >= 15 is 0 Å². The maximum absolute atomic E-state index is 13.1. The third kappa shape index (κ3) is 5.23. The second kappa shape index (κ2) is 10.1. The SMILES string of the molecule is O=c1[nH]c(-c2ccc(N3[C@@H]4CC[C@H]3CC(OCc3c(-c5ccccc5OC(F)(F)F)noc3C3CC3)C4)cc2)no1. The molecule has 9 nitrogen and oxygen atoms in total. The van der Waals surface area contributed by atoms with Gasteiger partial charge in [-0.2, -0.15) is 0 Å². The molecule has 12 heteroatoms. The number of para-hydroxylation sites is 1. The normalized spacial score (nSPS) is 22.3. The van der Waals surface area contributed by atoms with E-state index in [2.05, 4.69) is 29.5 Å². The maximum atomic E-state index is 13.1. The number of benzene rings is 2. The van der Waals surface area contributed by atoms with E-state index in [-0.39, 0.29) is 29.9 Å². The van der Waals surface area contributed by atoms with E-state index < -0.39 is 12.1 Å². The quantitative estimate of drug-likeness (QED) is 0.269. The number of halogens is 3. The van der Waals surface area contributed by atoms with Gasteiger partial charge in [0.05, 0.1) is 12.7 Å². The Balaban J connectivity index is 1.07. The van der Waals surface area contributed by atoms with Gasteiger partial charge >= 0.3 is 12.1 Å². The summed E-state index contributed by atoms with van der Waals surface area (Å²) in [6.45, 7) is 0.208. The van der Waals surface area contributed by atoms with Crippen molar-refractivity contribution in [2.45, 2.75) is 75.6 Å². The van der Waals surface area contributed by atoms with Crippen LogP contribution in [0.5, 0.6) is 5.75 Å². The first-order valence-electron chi connectivity index (χ1n) is 13.7. The summed E-state index contributed by atoms with van der Waals surface area (Å²) < 4.78 is 60.3. The topological polar surface area (TPSA) is 107 Å². The van der Waals surface area contributed by atoms with Gasteiger partial charge in [-0.05, 0) is 74.9 Å². The number of ether oxygens (including phenoxy) is 2. The minimum Gasteiger partial charge on any atom is -0.405 e. The number of hydrogen-bond acceptors (Lipinski definition) is 8. The van der Waals surface area contributed by atoms with Crippen LogP contribution in [-0.2, 0) is 11.3 Å². The Morgan fingerprint density at radius 2 is 1.68 bits per heavy atom. The Kier molecular flexibility index (Phi) is 6.37.